The van der Waals surface area contributed by atoms with E-state index in [1.807, 2.05) is 0 Å². The lowest BCUT2D eigenvalue weighted by molar-refractivity contribution is -0.285. The third-order valence-corrected chi connectivity index (χ3v) is 2.58. The summed E-state index contributed by atoms with van der Waals surface area (Å²) in [5, 5.41) is 36.7. The number of hydrogen-bond acceptors (Lipinski definition) is 7. The molecule has 9 nitrogen and oxygen atoms in total. The minimum atomic E-state index is -4.73. The van der Waals surface area contributed by atoms with E-state index in [1.165, 1.54) is 0 Å². The van der Waals surface area contributed by atoms with Gasteiger partial charge in [0.25, 0.3) is 0 Å². The van der Waals surface area contributed by atoms with E-state index in [0.29, 0.717) is 0 Å². The second kappa shape index (κ2) is 5.05. The van der Waals surface area contributed by atoms with Gasteiger partial charge in [0.2, 0.25) is 0 Å². The van der Waals surface area contributed by atoms with Gasteiger partial charge in [-0.25, -0.2) is 4.57 Å². The Bertz CT molecular complexity index is 277. The largest absolute Gasteiger partial charge is 0.469 e. The van der Waals surface area contributed by atoms with Crippen molar-refractivity contribution < 1.29 is 44.0 Å². The van der Waals surface area contributed by atoms with Gasteiger partial charge in [0.1, 0.15) is 24.4 Å². The Balaban J connectivity index is 2.57. The molecule has 0 spiro atoms. The Morgan fingerprint density at radius 3 is 2.12 bits per heavy atom. The highest BCUT2D eigenvalue weighted by molar-refractivity contribution is 7.46. The number of rotatable bonds is 3. The van der Waals surface area contributed by atoms with Crippen molar-refractivity contribution in [2.24, 2.45) is 0 Å². The molecule has 5 atom stereocenters. The van der Waals surface area contributed by atoms with E-state index in [2.05, 4.69) is 9.26 Å². The van der Waals surface area contributed by atoms with Crippen molar-refractivity contribution in [3.05, 3.63) is 0 Å². The maximum absolute atomic E-state index is 10.4. The average molecular weight is 260 g/mol. The van der Waals surface area contributed by atoms with Crippen LogP contribution in [0.5, 0.6) is 0 Å². The fraction of sp³-hybridized carbons (Fsp3) is 1.00. The predicted octanol–water partition coefficient (Wildman–Crippen LogP) is -3.10. The van der Waals surface area contributed by atoms with Gasteiger partial charge in [-0.3, -0.25) is 4.52 Å². The van der Waals surface area contributed by atoms with Gasteiger partial charge in [-0.2, -0.15) is 0 Å². The zero-order valence-electron chi connectivity index (χ0n) is 7.95. The number of aliphatic hydroxyl groups excluding tert-OH is 4. The molecule has 96 valence electrons. The third kappa shape index (κ3) is 3.45. The van der Waals surface area contributed by atoms with Crippen molar-refractivity contribution in [1.29, 1.82) is 0 Å². The maximum atomic E-state index is 10.4. The van der Waals surface area contributed by atoms with Crippen molar-refractivity contribution in [1.82, 2.24) is 0 Å². The Hall–Kier alpha value is -0.0900. The molecule has 1 fully saturated rings. The second-order valence-electron chi connectivity index (χ2n) is 3.32. The summed E-state index contributed by atoms with van der Waals surface area (Å²) >= 11 is 0. The highest BCUT2D eigenvalue weighted by atomic mass is 31.2. The smallest absolute Gasteiger partial charge is 0.387 e. The fourth-order valence-electron chi connectivity index (χ4n) is 1.24. The molecule has 0 radical (unpaired) electrons. The molecular formula is C6H13O9P. The Kier molecular flexibility index (Phi) is 4.41. The normalized spacial score (nSPS) is 41.0. The summed E-state index contributed by atoms with van der Waals surface area (Å²) in [5.74, 6) is 0. The topological polar surface area (TPSA) is 157 Å². The number of phosphoric ester groups is 1. The Labute approximate surface area is 90.1 Å². The molecule has 0 aromatic heterocycles. The fourth-order valence-corrected chi connectivity index (χ4v) is 1.58. The van der Waals surface area contributed by atoms with Crippen molar-refractivity contribution in [2.75, 3.05) is 6.61 Å². The van der Waals surface area contributed by atoms with Gasteiger partial charge in [-0.15, -0.1) is 0 Å². The van der Waals surface area contributed by atoms with Crippen LogP contribution < -0.4 is 0 Å². The molecule has 0 aliphatic carbocycles. The van der Waals surface area contributed by atoms with Crippen LogP contribution in [0.4, 0.5) is 0 Å². The number of ether oxygens (including phenoxy) is 1. The first-order valence-corrected chi connectivity index (χ1v) is 5.83. The van der Waals surface area contributed by atoms with Crippen LogP contribution in [-0.4, -0.2) is 67.5 Å². The van der Waals surface area contributed by atoms with Crippen LogP contribution in [0, 0.1) is 0 Å². The van der Waals surface area contributed by atoms with Crippen molar-refractivity contribution in [2.45, 2.75) is 30.7 Å². The first-order chi connectivity index (χ1) is 7.22. The number of phosphoric acid groups is 1. The summed E-state index contributed by atoms with van der Waals surface area (Å²) in [6.45, 7) is -0.730. The van der Waals surface area contributed by atoms with Gasteiger partial charge in [-0.05, 0) is 0 Å². The van der Waals surface area contributed by atoms with Gasteiger partial charge < -0.3 is 34.9 Å². The summed E-state index contributed by atoms with van der Waals surface area (Å²) in [6, 6.07) is 0. The van der Waals surface area contributed by atoms with E-state index in [-0.39, 0.29) is 0 Å². The Morgan fingerprint density at radius 2 is 1.62 bits per heavy atom. The van der Waals surface area contributed by atoms with Crippen molar-refractivity contribution >= 4 is 7.82 Å². The van der Waals surface area contributed by atoms with Crippen LogP contribution >= 0.6 is 7.82 Å². The summed E-state index contributed by atoms with van der Waals surface area (Å²) < 4.78 is 19.0. The molecule has 16 heavy (non-hydrogen) atoms. The molecule has 1 rings (SSSR count). The molecule has 1 heterocycles. The van der Waals surface area contributed by atoms with Gasteiger partial charge in [-0.1, -0.05) is 0 Å². The molecule has 0 bridgehead atoms. The minimum absolute atomic E-state index is 0.730. The second-order valence-corrected chi connectivity index (χ2v) is 4.56. The van der Waals surface area contributed by atoms with Crippen LogP contribution in [0.2, 0.25) is 0 Å². The van der Waals surface area contributed by atoms with Gasteiger partial charge in [0.05, 0.1) is 6.61 Å². The number of aliphatic hydroxyl groups is 4. The molecule has 0 aromatic rings. The van der Waals surface area contributed by atoms with E-state index in [9.17, 15) is 14.8 Å². The molecule has 0 aromatic carbocycles. The van der Waals surface area contributed by atoms with E-state index in [4.69, 9.17) is 20.0 Å². The van der Waals surface area contributed by atoms with Crippen LogP contribution in [0.1, 0.15) is 0 Å². The van der Waals surface area contributed by atoms with Gasteiger partial charge in [0.15, 0.2) is 6.29 Å². The van der Waals surface area contributed by atoms with E-state index >= 15 is 0 Å². The predicted molar refractivity (Wildman–Crippen MR) is 46.9 cm³/mol. The van der Waals surface area contributed by atoms with Gasteiger partial charge >= 0.3 is 7.82 Å². The third-order valence-electron chi connectivity index (χ3n) is 2.09. The molecule has 1 saturated heterocycles. The first-order valence-electron chi connectivity index (χ1n) is 4.30. The Morgan fingerprint density at radius 1 is 1.06 bits per heavy atom. The maximum Gasteiger partial charge on any atom is 0.469 e. The van der Waals surface area contributed by atoms with Gasteiger partial charge in [0, 0.05) is 0 Å². The summed E-state index contributed by atoms with van der Waals surface area (Å²) in [7, 11) is -4.73. The molecule has 0 saturated carbocycles. The molecule has 10 heteroatoms. The standard InChI is InChI=1S/C6H13O9P/c7-3-2(1-14-16(11,12)13)15-6(10)5(9)4(3)8/h2-10H,1H2,(H2,11,12,13)/t2-,3-,4-,5-,6?/m1/s1. The first kappa shape index (κ1) is 14.0. The SMILES string of the molecule is O=P(O)(O)OC[C@H]1OC(O)[C@H](O)[C@H](O)[C@@H]1O. The molecule has 6 N–H and O–H groups in total. The highest BCUT2D eigenvalue weighted by Gasteiger charge is 2.43. The lowest BCUT2D eigenvalue weighted by Gasteiger charge is -2.38. The molecular weight excluding hydrogens is 247 g/mol. The van der Waals surface area contributed by atoms with Crippen LogP contribution in [0.15, 0.2) is 0 Å². The van der Waals surface area contributed by atoms with E-state index in [1.54, 1.807) is 0 Å². The van der Waals surface area contributed by atoms with Crippen LogP contribution in [0.25, 0.3) is 0 Å². The van der Waals surface area contributed by atoms with Crippen molar-refractivity contribution in [3.8, 4) is 0 Å². The molecule has 0 amide bonds. The molecule has 1 unspecified atom stereocenters. The van der Waals surface area contributed by atoms with E-state index < -0.39 is 45.1 Å². The van der Waals surface area contributed by atoms with Crippen molar-refractivity contribution in [3.63, 3.8) is 0 Å². The minimum Gasteiger partial charge on any atom is -0.387 e. The zero-order chi connectivity index (χ0) is 12.5. The summed E-state index contributed by atoms with van der Waals surface area (Å²) in [5.41, 5.74) is 0. The summed E-state index contributed by atoms with van der Waals surface area (Å²) in [6.07, 6.45) is -8.11. The highest BCUT2D eigenvalue weighted by Crippen LogP contribution is 2.36. The monoisotopic (exact) mass is 260 g/mol. The quantitative estimate of drug-likeness (QED) is 0.289. The number of hydrogen-bond donors (Lipinski definition) is 6. The average Bonchev–Trinajstić information content (AvgIpc) is 2.17. The molecule has 1 aliphatic rings. The van der Waals surface area contributed by atoms with E-state index in [0.717, 1.165) is 0 Å². The zero-order valence-corrected chi connectivity index (χ0v) is 8.84. The van der Waals surface area contributed by atoms with Crippen LogP contribution in [0.3, 0.4) is 0 Å². The summed E-state index contributed by atoms with van der Waals surface area (Å²) in [4.78, 5) is 16.8. The lowest BCUT2D eigenvalue weighted by atomic mass is 10.00. The van der Waals surface area contributed by atoms with Crippen LogP contribution in [-0.2, 0) is 13.8 Å². The lowest BCUT2D eigenvalue weighted by Crippen LogP contribution is -2.58. The molecule has 1 aliphatic heterocycles.